The number of hydrogen-bond donors (Lipinski definition) is 0. The van der Waals surface area contributed by atoms with Gasteiger partial charge in [-0.15, -0.1) is 0 Å². The first kappa shape index (κ1) is 13.5. The summed E-state index contributed by atoms with van der Waals surface area (Å²) in [6, 6.07) is 6.55. The first-order valence-corrected chi connectivity index (χ1v) is 5.47. The van der Waals surface area contributed by atoms with Gasteiger partial charge in [-0.05, 0) is 12.5 Å². The fraction of sp³-hybridized carbons (Fsp3) is 0.143. The molecule has 0 amide bonds. The third-order valence-electron chi connectivity index (χ3n) is 2.80. The van der Waals surface area contributed by atoms with Crippen molar-refractivity contribution in [2.75, 3.05) is 0 Å². The van der Waals surface area contributed by atoms with Crippen LogP contribution in [0.2, 0.25) is 0 Å². The summed E-state index contributed by atoms with van der Waals surface area (Å²) < 4.78 is 65.8. The van der Waals surface area contributed by atoms with Crippen molar-refractivity contribution >= 4 is 0 Å². The van der Waals surface area contributed by atoms with Gasteiger partial charge in [-0.3, -0.25) is 0 Å². The van der Waals surface area contributed by atoms with E-state index in [1.54, 1.807) is 24.3 Å². The van der Waals surface area contributed by atoms with Gasteiger partial charge in [0.15, 0.2) is 23.3 Å². The Balaban J connectivity index is 2.48. The highest BCUT2D eigenvalue weighted by molar-refractivity contribution is 5.31. The Bertz CT molecular complexity index is 588. The van der Waals surface area contributed by atoms with Crippen LogP contribution in [0.4, 0.5) is 22.0 Å². The van der Waals surface area contributed by atoms with Crippen LogP contribution in [0, 0.1) is 36.0 Å². The van der Waals surface area contributed by atoms with Crippen LogP contribution in [0.25, 0.3) is 0 Å². The maximum atomic E-state index is 13.4. The van der Waals surface area contributed by atoms with Crippen LogP contribution < -0.4 is 0 Å². The van der Waals surface area contributed by atoms with Gasteiger partial charge >= 0.3 is 0 Å². The number of rotatable bonds is 2. The molecule has 0 fully saturated rings. The molecule has 2 aromatic rings. The maximum Gasteiger partial charge on any atom is 0.200 e. The van der Waals surface area contributed by atoms with E-state index in [0.29, 0.717) is 5.56 Å². The normalized spacial score (nSPS) is 10.8. The lowest BCUT2D eigenvalue weighted by Crippen LogP contribution is -2.07. The molecule has 0 radical (unpaired) electrons. The van der Waals surface area contributed by atoms with E-state index in [1.165, 1.54) is 0 Å². The predicted molar refractivity (Wildman–Crippen MR) is 60.2 cm³/mol. The molecular formula is C14H9F5. The molecule has 0 saturated carbocycles. The molecule has 0 N–H and O–H groups in total. The number of aryl methyl sites for hydroxylation is 1. The Morgan fingerprint density at radius 1 is 0.684 bits per heavy atom. The summed E-state index contributed by atoms with van der Waals surface area (Å²) in [6.45, 7) is 1.82. The quantitative estimate of drug-likeness (QED) is 0.435. The largest absolute Gasteiger partial charge is 0.203 e. The molecule has 2 rings (SSSR count). The lowest BCUT2D eigenvalue weighted by molar-refractivity contribution is 0.371. The molecule has 0 bridgehead atoms. The van der Waals surface area contributed by atoms with Gasteiger partial charge in [-0.1, -0.05) is 29.8 Å². The third kappa shape index (κ3) is 2.45. The summed E-state index contributed by atoms with van der Waals surface area (Å²) >= 11 is 0. The van der Waals surface area contributed by atoms with E-state index in [4.69, 9.17) is 0 Å². The highest BCUT2D eigenvalue weighted by Gasteiger charge is 2.25. The minimum atomic E-state index is -2.14. The minimum Gasteiger partial charge on any atom is -0.203 e. The van der Waals surface area contributed by atoms with E-state index >= 15 is 0 Å². The molecule has 0 aliphatic heterocycles. The molecule has 0 aliphatic rings. The van der Waals surface area contributed by atoms with Crippen molar-refractivity contribution in [2.45, 2.75) is 13.3 Å². The zero-order valence-corrected chi connectivity index (χ0v) is 9.91. The van der Waals surface area contributed by atoms with Crippen molar-refractivity contribution in [1.29, 1.82) is 0 Å². The summed E-state index contributed by atoms with van der Waals surface area (Å²) in [5.41, 5.74) is 0.579. The summed E-state index contributed by atoms with van der Waals surface area (Å²) in [5, 5.41) is 0. The molecule has 0 nitrogen and oxygen atoms in total. The zero-order chi connectivity index (χ0) is 14.2. The van der Waals surface area contributed by atoms with Gasteiger partial charge < -0.3 is 0 Å². The molecule has 0 saturated heterocycles. The minimum absolute atomic E-state index is 0.355. The second kappa shape index (κ2) is 4.99. The molecule has 2 aromatic carbocycles. The summed E-state index contributed by atoms with van der Waals surface area (Å²) in [7, 11) is 0. The predicted octanol–water partition coefficient (Wildman–Crippen LogP) is 4.28. The van der Waals surface area contributed by atoms with Gasteiger partial charge in [0.1, 0.15) is 0 Å². The van der Waals surface area contributed by atoms with E-state index in [9.17, 15) is 22.0 Å². The van der Waals surface area contributed by atoms with Crippen molar-refractivity contribution in [3.63, 3.8) is 0 Å². The second-order valence-corrected chi connectivity index (χ2v) is 4.21. The van der Waals surface area contributed by atoms with Gasteiger partial charge in [0.2, 0.25) is 5.82 Å². The molecule has 0 unspecified atom stereocenters. The van der Waals surface area contributed by atoms with Crippen LogP contribution in [0.3, 0.4) is 0 Å². The summed E-state index contributed by atoms with van der Waals surface area (Å²) in [4.78, 5) is 0. The molecule has 0 aliphatic carbocycles. The first-order chi connectivity index (χ1) is 8.91. The molecule has 0 spiro atoms. The lowest BCUT2D eigenvalue weighted by atomic mass is 10.0. The van der Waals surface area contributed by atoms with Crippen molar-refractivity contribution in [3.8, 4) is 0 Å². The molecule has 100 valence electrons. The van der Waals surface area contributed by atoms with Crippen molar-refractivity contribution in [1.82, 2.24) is 0 Å². The van der Waals surface area contributed by atoms with E-state index in [2.05, 4.69) is 0 Å². The number of benzene rings is 2. The van der Waals surface area contributed by atoms with E-state index in [0.717, 1.165) is 5.56 Å². The topological polar surface area (TPSA) is 0 Å². The van der Waals surface area contributed by atoms with Crippen LogP contribution in [-0.4, -0.2) is 0 Å². The van der Waals surface area contributed by atoms with Crippen LogP contribution in [0.15, 0.2) is 24.3 Å². The van der Waals surface area contributed by atoms with Gasteiger partial charge in [-0.25, -0.2) is 22.0 Å². The van der Waals surface area contributed by atoms with Gasteiger partial charge in [-0.2, -0.15) is 0 Å². The summed E-state index contributed by atoms with van der Waals surface area (Å²) in [6.07, 6.45) is -0.355. The monoisotopic (exact) mass is 272 g/mol. The Kier molecular flexibility index (Phi) is 3.55. The van der Waals surface area contributed by atoms with Crippen LogP contribution in [0.5, 0.6) is 0 Å². The summed E-state index contributed by atoms with van der Waals surface area (Å²) in [5.74, 6) is -9.53. The van der Waals surface area contributed by atoms with E-state index < -0.39 is 34.6 Å². The van der Waals surface area contributed by atoms with Gasteiger partial charge in [0, 0.05) is 12.0 Å². The van der Waals surface area contributed by atoms with Gasteiger partial charge in [0.05, 0.1) is 0 Å². The Morgan fingerprint density at radius 2 is 1.11 bits per heavy atom. The van der Waals surface area contributed by atoms with E-state index in [1.807, 2.05) is 6.92 Å². The smallest absolute Gasteiger partial charge is 0.200 e. The second-order valence-electron chi connectivity index (χ2n) is 4.21. The standard InChI is InChI=1S/C14H9F5/c1-7-2-4-8(5-3-7)6-9-10(15)12(17)14(19)13(18)11(9)16/h2-5H,6H2,1H3. The Hall–Kier alpha value is -1.91. The molecule has 19 heavy (non-hydrogen) atoms. The fourth-order valence-corrected chi connectivity index (χ4v) is 1.72. The number of halogens is 5. The molecule has 0 atom stereocenters. The van der Waals surface area contributed by atoms with Gasteiger partial charge in [0.25, 0.3) is 0 Å². The zero-order valence-electron chi connectivity index (χ0n) is 9.91. The van der Waals surface area contributed by atoms with Crippen LogP contribution in [-0.2, 0) is 6.42 Å². The van der Waals surface area contributed by atoms with Crippen LogP contribution in [0.1, 0.15) is 16.7 Å². The highest BCUT2D eigenvalue weighted by atomic mass is 19.2. The Morgan fingerprint density at radius 3 is 1.58 bits per heavy atom. The maximum absolute atomic E-state index is 13.4. The Labute approximate surface area is 106 Å². The SMILES string of the molecule is Cc1ccc(Cc2c(F)c(F)c(F)c(F)c2F)cc1. The lowest BCUT2D eigenvalue weighted by Gasteiger charge is -2.08. The third-order valence-corrected chi connectivity index (χ3v) is 2.80. The van der Waals surface area contributed by atoms with Crippen molar-refractivity contribution < 1.29 is 22.0 Å². The first-order valence-electron chi connectivity index (χ1n) is 5.47. The van der Waals surface area contributed by atoms with Crippen molar-refractivity contribution in [3.05, 3.63) is 70.0 Å². The molecule has 0 heterocycles. The fourth-order valence-electron chi connectivity index (χ4n) is 1.72. The number of hydrogen-bond acceptors (Lipinski definition) is 0. The molecule has 0 aromatic heterocycles. The molecule has 5 heteroatoms. The van der Waals surface area contributed by atoms with Crippen molar-refractivity contribution in [2.24, 2.45) is 0 Å². The average molecular weight is 272 g/mol. The van der Waals surface area contributed by atoms with Crippen LogP contribution >= 0.6 is 0 Å². The molecular weight excluding hydrogens is 263 g/mol. The highest BCUT2D eigenvalue weighted by Crippen LogP contribution is 2.25. The average Bonchev–Trinajstić information content (AvgIpc) is 2.41. The van der Waals surface area contributed by atoms with E-state index in [-0.39, 0.29) is 6.42 Å².